The first-order valence-corrected chi connectivity index (χ1v) is 13.7. The summed E-state index contributed by atoms with van der Waals surface area (Å²) in [6, 6.07) is 42.1. The molecule has 0 aliphatic heterocycles. The number of hydrogen-bond donors (Lipinski definition) is 2. The zero-order valence-corrected chi connectivity index (χ0v) is 23.6. The summed E-state index contributed by atoms with van der Waals surface area (Å²) in [7, 11) is 0. The van der Waals surface area contributed by atoms with Crippen molar-refractivity contribution in [3.05, 3.63) is 156 Å². The van der Waals surface area contributed by atoms with Gasteiger partial charge in [-0.15, -0.1) is 0 Å². The van der Waals surface area contributed by atoms with Gasteiger partial charge in [-0.2, -0.15) is 10.2 Å². The molecule has 6 nitrogen and oxygen atoms in total. The molecule has 0 radical (unpaired) electrons. The van der Waals surface area contributed by atoms with Crippen LogP contribution in [0.4, 0.5) is 0 Å². The van der Waals surface area contributed by atoms with E-state index >= 15 is 0 Å². The fourth-order valence-corrected chi connectivity index (χ4v) is 4.07. The van der Waals surface area contributed by atoms with E-state index in [0.717, 1.165) is 33.4 Å². The maximum Gasteiger partial charge on any atom is 0.271 e. The molecule has 42 heavy (non-hydrogen) atoms. The normalized spacial score (nSPS) is 10.6. The van der Waals surface area contributed by atoms with Gasteiger partial charge in [0.05, 0.1) is 12.4 Å². The molecule has 0 saturated carbocycles. The third-order valence-electron chi connectivity index (χ3n) is 6.18. The van der Waals surface area contributed by atoms with Crippen molar-refractivity contribution >= 4 is 24.2 Å². The Morgan fingerprint density at radius 1 is 0.476 bits per heavy atom. The molecule has 0 atom stereocenters. The fourth-order valence-electron chi connectivity index (χ4n) is 4.07. The summed E-state index contributed by atoms with van der Waals surface area (Å²) in [5.74, 6) is -0.596. The van der Waals surface area contributed by atoms with Gasteiger partial charge >= 0.3 is 0 Å². The Labute approximate surface area is 246 Å². The number of amides is 2. The highest BCUT2D eigenvalue weighted by atomic mass is 16.2. The Morgan fingerprint density at radius 3 is 1.21 bits per heavy atom. The van der Waals surface area contributed by atoms with E-state index in [2.05, 4.69) is 21.1 Å². The smallest absolute Gasteiger partial charge is 0.267 e. The summed E-state index contributed by atoms with van der Waals surface area (Å²) in [6.45, 7) is 4.00. The van der Waals surface area contributed by atoms with Gasteiger partial charge in [-0.3, -0.25) is 9.59 Å². The summed E-state index contributed by atoms with van der Waals surface area (Å²) in [5.41, 5.74) is 11.9. The molecule has 0 aliphatic carbocycles. The summed E-state index contributed by atoms with van der Waals surface area (Å²) >= 11 is 0. The van der Waals surface area contributed by atoms with Crippen molar-refractivity contribution in [1.29, 1.82) is 0 Å². The minimum absolute atomic E-state index is 0.298. The van der Waals surface area contributed by atoms with Crippen molar-refractivity contribution in [2.45, 2.75) is 13.8 Å². The zero-order valence-electron chi connectivity index (χ0n) is 23.6. The van der Waals surface area contributed by atoms with Crippen molar-refractivity contribution in [1.82, 2.24) is 10.9 Å². The molecule has 0 saturated heterocycles. The topological polar surface area (TPSA) is 82.9 Å². The summed E-state index contributed by atoms with van der Waals surface area (Å²) < 4.78 is 0. The highest BCUT2D eigenvalue weighted by Crippen LogP contribution is 2.20. The van der Waals surface area contributed by atoms with E-state index in [1.165, 1.54) is 0 Å². The average Bonchev–Trinajstić information content (AvgIpc) is 3.07. The van der Waals surface area contributed by atoms with Gasteiger partial charge in [0.25, 0.3) is 11.8 Å². The summed E-state index contributed by atoms with van der Waals surface area (Å²) in [4.78, 5) is 25.0. The average molecular weight is 553 g/mol. The van der Waals surface area contributed by atoms with Crippen LogP contribution in [-0.4, -0.2) is 24.2 Å². The number of carbonyl (C=O) groups is 2. The van der Waals surface area contributed by atoms with Crippen LogP contribution in [0.2, 0.25) is 0 Å². The van der Waals surface area contributed by atoms with E-state index in [4.69, 9.17) is 0 Å². The number of hydrazone groups is 2. The molecular weight excluding hydrogens is 520 g/mol. The largest absolute Gasteiger partial charge is 0.271 e. The van der Waals surface area contributed by atoms with Crippen LogP contribution in [0, 0.1) is 0 Å². The van der Waals surface area contributed by atoms with Gasteiger partial charge in [0.1, 0.15) is 0 Å². The maximum atomic E-state index is 12.5. The standard InChI is InChI=1S/C34H26N4O2.C2H6/c39-33(31-18-14-29(15-19-31)27-10-3-1-4-11-27)37-35-23-25-8-7-9-26(22-25)24-36-38-34(40)32-20-16-30(17-21-32)28-12-5-2-6-13-28;1-2/h1-24H,(H,37,39)(H,38,40);1-2H3/b35-23+,36-24+;. The number of nitrogens with one attached hydrogen (secondary N) is 2. The minimum Gasteiger partial charge on any atom is -0.267 e. The highest BCUT2D eigenvalue weighted by Gasteiger charge is 2.06. The summed E-state index contributed by atoms with van der Waals surface area (Å²) in [6.07, 6.45) is 3.11. The van der Waals surface area contributed by atoms with Gasteiger partial charge in [-0.1, -0.05) is 117 Å². The van der Waals surface area contributed by atoms with Crippen molar-refractivity contribution in [3.8, 4) is 22.3 Å². The Bertz CT molecular complexity index is 1520. The van der Waals surface area contributed by atoms with E-state index < -0.39 is 0 Å². The van der Waals surface area contributed by atoms with E-state index in [1.807, 2.05) is 123 Å². The van der Waals surface area contributed by atoms with Crippen molar-refractivity contribution in [2.24, 2.45) is 10.2 Å². The molecule has 0 spiro atoms. The predicted octanol–water partition coefficient (Wildman–Crippen LogP) is 7.57. The first-order chi connectivity index (χ1) is 20.7. The SMILES string of the molecule is CC.O=C(N/N=C/c1cccc(/C=N/NC(=O)c2ccc(-c3ccccc3)cc2)c1)c1ccc(-c2ccccc2)cc1. The first-order valence-electron chi connectivity index (χ1n) is 13.7. The molecule has 2 N–H and O–H groups in total. The van der Waals surface area contributed by atoms with Gasteiger partial charge in [0.15, 0.2) is 0 Å². The highest BCUT2D eigenvalue weighted by molar-refractivity contribution is 5.96. The molecule has 0 aliphatic rings. The molecule has 0 aromatic heterocycles. The molecule has 0 unspecified atom stereocenters. The van der Waals surface area contributed by atoms with E-state index in [-0.39, 0.29) is 11.8 Å². The van der Waals surface area contributed by atoms with Crippen LogP contribution in [0.15, 0.2) is 144 Å². The number of hydrogen-bond acceptors (Lipinski definition) is 4. The monoisotopic (exact) mass is 552 g/mol. The lowest BCUT2D eigenvalue weighted by Gasteiger charge is -2.04. The molecule has 5 rings (SSSR count). The summed E-state index contributed by atoms with van der Waals surface area (Å²) in [5, 5.41) is 8.16. The number of benzene rings is 5. The minimum atomic E-state index is -0.298. The second-order valence-electron chi connectivity index (χ2n) is 8.96. The lowest BCUT2D eigenvalue weighted by molar-refractivity contribution is 0.0947. The van der Waals surface area contributed by atoms with Gasteiger partial charge in [-0.05, 0) is 63.7 Å². The second kappa shape index (κ2) is 15.2. The Kier molecular flexibility index (Phi) is 10.7. The van der Waals surface area contributed by atoms with Crippen LogP contribution in [0.1, 0.15) is 45.7 Å². The van der Waals surface area contributed by atoms with E-state index in [9.17, 15) is 9.59 Å². The van der Waals surface area contributed by atoms with Crippen LogP contribution >= 0.6 is 0 Å². The molecule has 0 fully saturated rings. The molecule has 0 bridgehead atoms. The molecule has 208 valence electrons. The molecular formula is C36H32N4O2. The van der Waals surface area contributed by atoms with Crippen molar-refractivity contribution in [3.63, 3.8) is 0 Å². The third kappa shape index (κ3) is 8.19. The second-order valence-corrected chi connectivity index (χ2v) is 8.96. The van der Waals surface area contributed by atoms with Crippen LogP contribution in [0.3, 0.4) is 0 Å². The number of nitrogens with zero attached hydrogens (tertiary/aromatic N) is 2. The third-order valence-corrected chi connectivity index (χ3v) is 6.18. The maximum absolute atomic E-state index is 12.5. The molecule has 6 heteroatoms. The van der Waals surface area contributed by atoms with Crippen molar-refractivity contribution in [2.75, 3.05) is 0 Å². The Hall–Kier alpha value is -5.62. The van der Waals surface area contributed by atoms with Crippen LogP contribution in [-0.2, 0) is 0 Å². The predicted molar refractivity (Wildman–Crippen MR) is 172 cm³/mol. The fraction of sp³-hybridized carbons (Fsp3) is 0.0556. The Morgan fingerprint density at radius 2 is 0.833 bits per heavy atom. The first kappa shape index (κ1) is 29.4. The molecule has 5 aromatic rings. The van der Waals surface area contributed by atoms with E-state index in [1.54, 1.807) is 36.7 Å². The van der Waals surface area contributed by atoms with Crippen LogP contribution in [0.25, 0.3) is 22.3 Å². The van der Waals surface area contributed by atoms with Gasteiger partial charge in [-0.25, -0.2) is 10.9 Å². The zero-order chi connectivity index (χ0) is 29.6. The van der Waals surface area contributed by atoms with Crippen molar-refractivity contribution < 1.29 is 9.59 Å². The lowest BCUT2D eigenvalue weighted by Crippen LogP contribution is -2.17. The lowest BCUT2D eigenvalue weighted by atomic mass is 10.0. The van der Waals surface area contributed by atoms with E-state index in [0.29, 0.717) is 11.1 Å². The Balaban J connectivity index is 0.00000198. The van der Waals surface area contributed by atoms with Crippen LogP contribution < -0.4 is 10.9 Å². The quantitative estimate of drug-likeness (QED) is 0.154. The van der Waals surface area contributed by atoms with Gasteiger partial charge < -0.3 is 0 Å². The van der Waals surface area contributed by atoms with Crippen LogP contribution in [0.5, 0.6) is 0 Å². The molecule has 5 aromatic carbocycles. The molecule has 2 amide bonds. The number of rotatable bonds is 8. The molecule has 0 heterocycles. The van der Waals surface area contributed by atoms with Gasteiger partial charge in [0, 0.05) is 11.1 Å². The number of carbonyl (C=O) groups excluding carboxylic acids is 2. The van der Waals surface area contributed by atoms with Gasteiger partial charge in [0.2, 0.25) is 0 Å².